The maximum Gasteiger partial charge on any atom is 0.321 e. The molecule has 2 aromatic rings. The molecule has 1 aromatic heterocycles. The van der Waals surface area contributed by atoms with Gasteiger partial charge in [-0.25, -0.2) is 4.79 Å². The summed E-state index contributed by atoms with van der Waals surface area (Å²) >= 11 is 1.46. The second-order valence-electron chi connectivity index (χ2n) is 5.71. The second-order valence-corrected chi connectivity index (χ2v) is 6.65. The first-order valence-corrected chi connectivity index (χ1v) is 8.41. The lowest BCUT2D eigenvalue weighted by Crippen LogP contribution is -2.35. The van der Waals surface area contributed by atoms with Crippen LogP contribution in [0.25, 0.3) is 0 Å². The molecule has 0 aliphatic carbocycles. The summed E-state index contributed by atoms with van der Waals surface area (Å²) in [5.41, 5.74) is 2.79. The highest BCUT2D eigenvalue weighted by Gasteiger charge is 2.24. The molecule has 6 heteroatoms. The summed E-state index contributed by atoms with van der Waals surface area (Å²) < 4.78 is 0. The Kier molecular flexibility index (Phi) is 4.34. The molecular formula is C17H19N3O2S. The van der Waals surface area contributed by atoms with Crippen LogP contribution >= 0.6 is 11.3 Å². The molecule has 1 aliphatic heterocycles. The third kappa shape index (κ3) is 3.22. The van der Waals surface area contributed by atoms with Crippen molar-refractivity contribution in [2.75, 3.05) is 30.9 Å². The van der Waals surface area contributed by atoms with Gasteiger partial charge in [-0.3, -0.25) is 4.79 Å². The highest BCUT2D eigenvalue weighted by Crippen LogP contribution is 2.31. The zero-order valence-electron chi connectivity index (χ0n) is 13.2. The Morgan fingerprint density at radius 1 is 1.26 bits per heavy atom. The van der Waals surface area contributed by atoms with E-state index in [0.717, 1.165) is 41.2 Å². The van der Waals surface area contributed by atoms with Gasteiger partial charge in [-0.1, -0.05) is 6.07 Å². The van der Waals surface area contributed by atoms with Crippen LogP contribution in [-0.4, -0.2) is 37.5 Å². The third-order valence-electron chi connectivity index (χ3n) is 3.83. The van der Waals surface area contributed by atoms with Crippen LogP contribution in [0.5, 0.6) is 0 Å². The molecule has 0 fully saturated rings. The van der Waals surface area contributed by atoms with Gasteiger partial charge >= 0.3 is 6.03 Å². The molecule has 120 valence electrons. The molecule has 3 rings (SSSR count). The normalized spacial score (nSPS) is 13.4. The number of anilines is 2. The van der Waals surface area contributed by atoms with Gasteiger partial charge in [-0.2, -0.15) is 0 Å². The van der Waals surface area contributed by atoms with Crippen LogP contribution in [0.2, 0.25) is 0 Å². The highest BCUT2D eigenvalue weighted by molar-refractivity contribution is 7.12. The second kappa shape index (κ2) is 6.42. The van der Waals surface area contributed by atoms with E-state index in [1.165, 1.54) is 16.2 Å². The summed E-state index contributed by atoms with van der Waals surface area (Å²) in [5, 5.41) is 4.76. The summed E-state index contributed by atoms with van der Waals surface area (Å²) in [5.74, 6) is 0.0472. The number of amides is 3. The molecule has 0 saturated heterocycles. The SMILES string of the molecule is CN(C)C(=O)Nc1ccc2c(c1)CCCN2C(=O)c1cccs1. The van der Waals surface area contributed by atoms with Gasteiger partial charge in [-0.15, -0.1) is 11.3 Å². The van der Waals surface area contributed by atoms with E-state index < -0.39 is 0 Å². The van der Waals surface area contributed by atoms with Crippen molar-refractivity contribution in [1.29, 1.82) is 0 Å². The van der Waals surface area contributed by atoms with Gasteiger partial charge in [0.1, 0.15) is 0 Å². The van der Waals surface area contributed by atoms with Crippen LogP contribution in [-0.2, 0) is 6.42 Å². The van der Waals surface area contributed by atoms with Gasteiger partial charge in [0.15, 0.2) is 0 Å². The summed E-state index contributed by atoms with van der Waals surface area (Å²) in [7, 11) is 3.41. The number of rotatable bonds is 2. The maximum absolute atomic E-state index is 12.6. The zero-order valence-corrected chi connectivity index (χ0v) is 14.0. The first-order chi connectivity index (χ1) is 11.1. The molecule has 1 aliphatic rings. The molecule has 0 saturated carbocycles. The molecule has 3 amide bonds. The largest absolute Gasteiger partial charge is 0.331 e. The lowest BCUT2D eigenvalue weighted by atomic mass is 10.0. The van der Waals surface area contributed by atoms with E-state index in [9.17, 15) is 9.59 Å². The van der Waals surface area contributed by atoms with Gasteiger partial charge < -0.3 is 15.1 Å². The number of benzene rings is 1. The number of hydrogen-bond acceptors (Lipinski definition) is 3. The van der Waals surface area contributed by atoms with Crippen LogP contribution in [0.1, 0.15) is 21.7 Å². The Morgan fingerprint density at radius 3 is 2.78 bits per heavy atom. The topological polar surface area (TPSA) is 52.7 Å². The minimum Gasteiger partial charge on any atom is -0.331 e. The summed E-state index contributed by atoms with van der Waals surface area (Å²) in [6.45, 7) is 0.729. The number of urea groups is 1. The number of hydrogen-bond donors (Lipinski definition) is 1. The number of thiophene rings is 1. The third-order valence-corrected chi connectivity index (χ3v) is 4.69. The molecule has 0 bridgehead atoms. The zero-order chi connectivity index (χ0) is 16.4. The molecule has 1 N–H and O–H groups in total. The van der Waals surface area contributed by atoms with E-state index >= 15 is 0 Å². The number of nitrogens with one attached hydrogen (secondary N) is 1. The summed E-state index contributed by atoms with van der Waals surface area (Å²) in [6.07, 6.45) is 1.84. The Bertz CT molecular complexity index is 725. The van der Waals surface area contributed by atoms with Crippen molar-refractivity contribution in [2.24, 2.45) is 0 Å². The predicted octanol–water partition coefficient (Wildman–Crippen LogP) is 3.43. The standard InChI is InChI=1S/C17H19N3O2S/c1-19(2)17(22)18-13-7-8-14-12(11-13)5-3-9-20(14)16(21)15-6-4-10-23-15/h4,6-8,10-11H,3,5,9H2,1-2H3,(H,18,22). The van der Waals surface area contributed by atoms with E-state index in [1.54, 1.807) is 14.1 Å². The Labute approximate surface area is 139 Å². The minimum atomic E-state index is -0.160. The van der Waals surface area contributed by atoms with Crippen molar-refractivity contribution in [3.8, 4) is 0 Å². The monoisotopic (exact) mass is 329 g/mol. The average molecular weight is 329 g/mol. The molecule has 2 heterocycles. The summed E-state index contributed by atoms with van der Waals surface area (Å²) in [4.78, 5) is 28.5. The summed E-state index contributed by atoms with van der Waals surface area (Å²) in [6, 6.07) is 9.32. The van der Waals surface area contributed by atoms with Crippen molar-refractivity contribution in [2.45, 2.75) is 12.8 Å². The Morgan fingerprint density at radius 2 is 2.09 bits per heavy atom. The quantitative estimate of drug-likeness (QED) is 0.917. The Hall–Kier alpha value is -2.34. The van der Waals surface area contributed by atoms with Gasteiger partial charge in [0, 0.05) is 32.0 Å². The van der Waals surface area contributed by atoms with Crippen LogP contribution in [0.3, 0.4) is 0 Å². The van der Waals surface area contributed by atoms with Gasteiger partial charge in [0.2, 0.25) is 0 Å². The smallest absolute Gasteiger partial charge is 0.321 e. The van der Waals surface area contributed by atoms with Crippen molar-refractivity contribution >= 4 is 34.6 Å². The van der Waals surface area contributed by atoms with Crippen molar-refractivity contribution in [3.05, 3.63) is 46.2 Å². The number of fused-ring (bicyclic) bond motifs is 1. The van der Waals surface area contributed by atoms with E-state index in [-0.39, 0.29) is 11.9 Å². The van der Waals surface area contributed by atoms with Gasteiger partial charge in [0.05, 0.1) is 4.88 Å². The molecule has 0 radical (unpaired) electrons. The van der Waals surface area contributed by atoms with E-state index in [4.69, 9.17) is 0 Å². The first kappa shape index (κ1) is 15.6. The van der Waals surface area contributed by atoms with E-state index in [0.29, 0.717) is 0 Å². The van der Waals surface area contributed by atoms with Crippen molar-refractivity contribution < 1.29 is 9.59 Å². The molecule has 1 aromatic carbocycles. The van der Waals surface area contributed by atoms with Crippen molar-refractivity contribution in [1.82, 2.24) is 4.90 Å². The first-order valence-electron chi connectivity index (χ1n) is 7.53. The number of carbonyl (C=O) groups is 2. The fourth-order valence-electron chi connectivity index (χ4n) is 2.65. The average Bonchev–Trinajstić information content (AvgIpc) is 3.07. The molecule has 0 atom stereocenters. The number of carbonyl (C=O) groups excluding carboxylic acids is 2. The Balaban J connectivity index is 1.85. The van der Waals surface area contributed by atoms with Crippen molar-refractivity contribution in [3.63, 3.8) is 0 Å². The van der Waals surface area contributed by atoms with Gasteiger partial charge in [0.25, 0.3) is 5.91 Å². The van der Waals surface area contributed by atoms with Crippen LogP contribution < -0.4 is 10.2 Å². The lowest BCUT2D eigenvalue weighted by molar-refractivity contribution is 0.0989. The maximum atomic E-state index is 12.6. The number of nitrogens with zero attached hydrogens (tertiary/aromatic N) is 2. The van der Waals surface area contributed by atoms with Crippen LogP contribution in [0, 0.1) is 0 Å². The predicted molar refractivity (Wildman–Crippen MR) is 93.5 cm³/mol. The van der Waals surface area contributed by atoms with E-state index in [1.807, 2.05) is 40.6 Å². The van der Waals surface area contributed by atoms with Crippen LogP contribution in [0.15, 0.2) is 35.7 Å². The van der Waals surface area contributed by atoms with Gasteiger partial charge in [-0.05, 0) is 48.1 Å². The highest BCUT2D eigenvalue weighted by atomic mass is 32.1. The fourth-order valence-corrected chi connectivity index (χ4v) is 3.33. The fraction of sp³-hybridized carbons (Fsp3) is 0.294. The minimum absolute atomic E-state index is 0.0472. The molecule has 23 heavy (non-hydrogen) atoms. The molecule has 0 unspecified atom stereocenters. The molecular weight excluding hydrogens is 310 g/mol. The molecule has 5 nitrogen and oxygen atoms in total. The van der Waals surface area contributed by atoms with E-state index in [2.05, 4.69) is 5.32 Å². The number of aryl methyl sites for hydroxylation is 1. The molecule has 0 spiro atoms. The van der Waals surface area contributed by atoms with Crippen LogP contribution in [0.4, 0.5) is 16.2 Å². The lowest BCUT2D eigenvalue weighted by Gasteiger charge is -2.29.